The van der Waals surface area contributed by atoms with E-state index >= 15 is 0 Å². The first-order chi connectivity index (χ1) is 12.1. The van der Waals surface area contributed by atoms with Crippen molar-refractivity contribution < 1.29 is 14.0 Å². The second-order valence-electron chi connectivity index (χ2n) is 5.87. The summed E-state index contributed by atoms with van der Waals surface area (Å²) in [4.78, 5) is 28.4. The molecule has 132 valence electrons. The van der Waals surface area contributed by atoms with Gasteiger partial charge in [-0.05, 0) is 31.5 Å². The fraction of sp³-hybridized carbons (Fsp3) is 0.353. The third-order valence-electron chi connectivity index (χ3n) is 3.89. The molecule has 0 unspecified atom stereocenters. The van der Waals surface area contributed by atoms with Crippen molar-refractivity contribution in [2.75, 3.05) is 18.4 Å². The highest BCUT2D eigenvalue weighted by Crippen LogP contribution is 2.18. The van der Waals surface area contributed by atoms with Crippen LogP contribution in [-0.4, -0.2) is 35.9 Å². The number of thiazole rings is 1. The summed E-state index contributed by atoms with van der Waals surface area (Å²) in [5.74, 6) is -1.24. The van der Waals surface area contributed by atoms with Crippen molar-refractivity contribution in [3.8, 4) is 0 Å². The van der Waals surface area contributed by atoms with E-state index in [1.54, 1.807) is 11.4 Å². The smallest absolute Gasteiger partial charge is 0.260 e. The summed E-state index contributed by atoms with van der Waals surface area (Å²) >= 11 is 1.21. The number of aromatic nitrogens is 1. The number of carbonyl (C=O) groups is 2. The Labute approximate surface area is 148 Å². The SMILES string of the molecule is O=C(Cc1csc(NC(=O)c2ccccc2F)n1)N[C@H]1CCCNC1. The molecular weight excluding hydrogens is 343 g/mol. The molecule has 1 aliphatic heterocycles. The summed E-state index contributed by atoms with van der Waals surface area (Å²) in [6, 6.07) is 5.90. The van der Waals surface area contributed by atoms with Crippen LogP contribution in [0.3, 0.4) is 0 Å². The van der Waals surface area contributed by atoms with Gasteiger partial charge < -0.3 is 10.6 Å². The van der Waals surface area contributed by atoms with Crippen LogP contribution in [0, 0.1) is 5.82 Å². The highest BCUT2D eigenvalue weighted by Gasteiger charge is 2.17. The first-order valence-corrected chi connectivity index (χ1v) is 9.00. The number of nitrogens with zero attached hydrogens (tertiary/aromatic N) is 1. The van der Waals surface area contributed by atoms with Crippen molar-refractivity contribution in [1.29, 1.82) is 0 Å². The third-order valence-corrected chi connectivity index (χ3v) is 4.70. The Morgan fingerprint density at radius 2 is 2.20 bits per heavy atom. The summed E-state index contributed by atoms with van der Waals surface area (Å²) in [6.07, 6.45) is 2.18. The molecule has 0 spiro atoms. The van der Waals surface area contributed by atoms with Gasteiger partial charge in [-0.1, -0.05) is 12.1 Å². The van der Waals surface area contributed by atoms with Gasteiger partial charge in [0.25, 0.3) is 5.91 Å². The summed E-state index contributed by atoms with van der Waals surface area (Å²) in [5.41, 5.74) is 0.539. The van der Waals surface area contributed by atoms with Crippen LogP contribution in [0.4, 0.5) is 9.52 Å². The van der Waals surface area contributed by atoms with Gasteiger partial charge in [0.2, 0.25) is 5.91 Å². The lowest BCUT2D eigenvalue weighted by molar-refractivity contribution is -0.121. The van der Waals surface area contributed by atoms with Crippen molar-refractivity contribution >= 4 is 28.3 Å². The number of carbonyl (C=O) groups excluding carboxylic acids is 2. The lowest BCUT2D eigenvalue weighted by atomic mass is 10.1. The molecule has 3 rings (SSSR count). The van der Waals surface area contributed by atoms with Gasteiger partial charge in [-0.3, -0.25) is 14.9 Å². The van der Waals surface area contributed by atoms with Crippen molar-refractivity contribution in [3.63, 3.8) is 0 Å². The molecule has 8 heteroatoms. The predicted molar refractivity (Wildman–Crippen MR) is 94.2 cm³/mol. The number of rotatable bonds is 5. The van der Waals surface area contributed by atoms with Crippen molar-refractivity contribution in [1.82, 2.24) is 15.6 Å². The standard InChI is InChI=1S/C17H19FN4O2S/c18-14-6-2-1-5-13(14)16(24)22-17-21-12(10-25-17)8-15(23)20-11-4-3-7-19-9-11/h1-2,5-6,10-11,19H,3-4,7-9H2,(H,20,23)(H,21,22,24)/t11-/m0/s1. The molecule has 1 aromatic heterocycles. The topological polar surface area (TPSA) is 83.1 Å². The van der Waals surface area contributed by atoms with Crippen LogP contribution in [0.1, 0.15) is 28.9 Å². The van der Waals surface area contributed by atoms with Gasteiger partial charge in [0, 0.05) is 18.0 Å². The average molecular weight is 362 g/mol. The van der Waals surface area contributed by atoms with Crippen LogP contribution in [0.25, 0.3) is 0 Å². The summed E-state index contributed by atoms with van der Waals surface area (Å²) in [7, 11) is 0. The zero-order valence-electron chi connectivity index (χ0n) is 13.5. The molecule has 1 fully saturated rings. The molecule has 2 amide bonds. The van der Waals surface area contributed by atoms with Crippen LogP contribution in [0.5, 0.6) is 0 Å². The lowest BCUT2D eigenvalue weighted by Gasteiger charge is -2.23. The van der Waals surface area contributed by atoms with E-state index in [2.05, 4.69) is 20.9 Å². The molecule has 1 aromatic carbocycles. The summed E-state index contributed by atoms with van der Waals surface area (Å²) in [6.45, 7) is 1.77. The van der Waals surface area contributed by atoms with Gasteiger partial charge >= 0.3 is 0 Å². The number of hydrogen-bond acceptors (Lipinski definition) is 5. The summed E-state index contributed by atoms with van der Waals surface area (Å²) in [5, 5.41) is 10.8. The maximum absolute atomic E-state index is 13.6. The van der Waals surface area contributed by atoms with Crippen molar-refractivity contribution in [2.24, 2.45) is 0 Å². The third kappa shape index (κ3) is 4.83. The Morgan fingerprint density at radius 3 is 2.96 bits per heavy atom. The minimum atomic E-state index is -0.586. The molecule has 25 heavy (non-hydrogen) atoms. The van der Waals surface area contributed by atoms with Crippen LogP contribution in [0.15, 0.2) is 29.6 Å². The van der Waals surface area contributed by atoms with E-state index in [0.717, 1.165) is 25.9 Å². The molecule has 0 saturated carbocycles. The highest BCUT2D eigenvalue weighted by atomic mass is 32.1. The normalized spacial score (nSPS) is 17.1. The molecule has 0 bridgehead atoms. The number of piperidine rings is 1. The number of nitrogens with one attached hydrogen (secondary N) is 3. The fourth-order valence-corrected chi connectivity index (χ4v) is 3.38. The number of hydrogen-bond donors (Lipinski definition) is 3. The Morgan fingerprint density at radius 1 is 1.36 bits per heavy atom. The Hall–Kier alpha value is -2.32. The first kappa shape index (κ1) is 17.5. The number of amides is 2. The largest absolute Gasteiger partial charge is 0.352 e. The van der Waals surface area contributed by atoms with Gasteiger partial charge in [-0.2, -0.15) is 0 Å². The molecule has 3 N–H and O–H groups in total. The molecule has 0 aliphatic carbocycles. The van der Waals surface area contributed by atoms with E-state index in [-0.39, 0.29) is 23.9 Å². The molecule has 1 atom stereocenters. The average Bonchev–Trinajstić information content (AvgIpc) is 3.02. The summed E-state index contributed by atoms with van der Waals surface area (Å²) < 4.78 is 13.6. The van der Waals surface area contributed by atoms with Gasteiger partial charge in [0.1, 0.15) is 5.82 Å². The molecular formula is C17H19FN4O2S. The maximum Gasteiger partial charge on any atom is 0.260 e. The van der Waals surface area contributed by atoms with Crippen LogP contribution in [-0.2, 0) is 11.2 Å². The zero-order chi connectivity index (χ0) is 17.6. The van der Waals surface area contributed by atoms with E-state index in [0.29, 0.717) is 10.8 Å². The second-order valence-corrected chi connectivity index (χ2v) is 6.72. The van der Waals surface area contributed by atoms with E-state index in [1.165, 1.54) is 29.5 Å². The zero-order valence-corrected chi connectivity index (χ0v) is 14.4. The Balaban J connectivity index is 1.54. The number of halogens is 1. The highest BCUT2D eigenvalue weighted by molar-refractivity contribution is 7.14. The minimum absolute atomic E-state index is 0.0400. The van der Waals surface area contributed by atoms with E-state index in [4.69, 9.17) is 0 Å². The lowest BCUT2D eigenvalue weighted by Crippen LogP contribution is -2.46. The van der Waals surface area contributed by atoms with Crippen LogP contribution in [0.2, 0.25) is 0 Å². The minimum Gasteiger partial charge on any atom is -0.352 e. The van der Waals surface area contributed by atoms with Gasteiger partial charge in [0.15, 0.2) is 5.13 Å². The van der Waals surface area contributed by atoms with Gasteiger partial charge in [0.05, 0.1) is 17.7 Å². The van der Waals surface area contributed by atoms with Crippen molar-refractivity contribution in [3.05, 3.63) is 46.7 Å². The number of anilines is 1. The van der Waals surface area contributed by atoms with Crippen LogP contribution >= 0.6 is 11.3 Å². The number of benzene rings is 1. The van der Waals surface area contributed by atoms with Crippen molar-refractivity contribution in [2.45, 2.75) is 25.3 Å². The molecule has 6 nitrogen and oxygen atoms in total. The predicted octanol–water partition coefficient (Wildman–Crippen LogP) is 1.95. The Bertz CT molecular complexity index is 759. The monoisotopic (exact) mass is 362 g/mol. The molecule has 0 radical (unpaired) electrons. The first-order valence-electron chi connectivity index (χ1n) is 8.12. The van der Waals surface area contributed by atoms with E-state index < -0.39 is 11.7 Å². The van der Waals surface area contributed by atoms with E-state index in [9.17, 15) is 14.0 Å². The molecule has 1 aliphatic rings. The molecule has 1 saturated heterocycles. The quantitative estimate of drug-likeness (QED) is 0.759. The second kappa shape index (κ2) is 8.17. The fourth-order valence-electron chi connectivity index (χ4n) is 2.67. The Kier molecular flexibility index (Phi) is 5.72. The maximum atomic E-state index is 13.6. The molecule has 2 aromatic rings. The van der Waals surface area contributed by atoms with Gasteiger partial charge in [-0.25, -0.2) is 9.37 Å². The van der Waals surface area contributed by atoms with E-state index in [1.807, 2.05) is 0 Å². The molecule has 2 heterocycles. The van der Waals surface area contributed by atoms with Crippen LogP contribution < -0.4 is 16.0 Å². The van der Waals surface area contributed by atoms with Gasteiger partial charge in [-0.15, -0.1) is 11.3 Å².